The second kappa shape index (κ2) is 7.82. The van der Waals surface area contributed by atoms with Crippen molar-refractivity contribution in [2.75, 3.05) is 11.9 Å². The molecule has 2 rings (SSSR count). The Kier molecular flexibility index (Phi) is 5.80. The molecule has 0 radical (unpaired) electrons. The molecular weight excluding hydrogens is 286 g/mol. The Morgan fingerprint density at radius 2 is 1.65 bits per heavy atom. The van der Waals surface area contributed by atoms with Crippen molar-refractivity contribution < 1.29 is 9.53 Å². The summed E-state index contributed by atoms with van der Waals surface area (Å²) in [5.74, 6) is 0.857. The van der Waals surface area contributed by atoms with Crippen molar-refractivity contribution >= 4 is 11.6 Å². The summed E-state index contributed by atoms with van der Waals surface area (Å²) in [6.45, 7) is 7.06. The molecule has 1 N–H and O–H groups in total. The molecule has 23 heavy (non-hydrogen) atoms. The lowest BCUT2D eigenvalue weighted by Gasteiger charge is -2.19. The van der Waals surface area contributed by atoms with Gasteiger partial charge in [-0.2, -0.15) is 0 Å². The first-order chi connectivity index (χ1) is 10.9. The van der Waals surface area contributed by atoms with Crippen LogP contribution in [0.3, 0.4) is 0 Å². The number of amides is 1. The summed E-state index contributed by atoms with van der Waals surface area (Å²) >= 11 is 0. The molecule has 3 heteroatoms. The Morgan fingerprint density at radius 1 is 1.00 bits per heavy atom. The normalized spacial score (nSPS) is 11.1. The highest BCUT2D eigenvalue weighted by atomic mass is 16.5. The smallest absolute Gasteiger partial charge is 0.224 e. The minimum atomic E-state index is 0.0187. The molecule has 2 aromatic rings. The van der Waals surface area contributed by atoms with Gasteiger partial charge in [0.1, 0.15) is 5.75 Å². The van der Waals surface area contributed by atoms with Crippen LogP contribution in [-0.4, -0.2) is 12.5 Å². The van der Waals surface area contributed by atoms with Gasteiger partial charge in [0.05, 0.1) is 6.61 Å². The summed E-state index contributed by atoms with van der Waals surface area (Å²) in [7, 11) is 0. The van der Waals surface area contributed by atoms with Gasteiger partial charge in [0.25, 0.3) is 0 Å². The average Bonchev–Trinajstić information content (AvgIpc) is 2.52. The Bertz CT molecular complexity index is 612. The minimum Gasteiger partial charge on any atom is -0.494 e. The van der Waals surface area contributed by atoms with E-state index in [9.17, 15) is 4.79 Å². The van der Waals surface area contributed by atoms with Gasteiger partial charge in [-0.1, -0.05) is 51.1 Å². The van der Waals surface area contributed by atoms with Crippen molar-refractivity contribution in [3.8, 4) is 5.75 Å². The number of carbonyl (C=O) groups excluding carboxylic acids is 1. The van der Waals surface area contributed by atoms with E-state index in [4.69, 9.17) is 4.74 Å². The van der Waals surface area contributed by atoms with Crippen LogP contribution in [0, 0.1) is 0 Å². The molecule has 0 atom stereocenters. The topological polar surface area (TPSA) is 38.3 Å². The van der Waals surface area contributed by atoms with Gasteiger partial charge in [0.15, 0.2) is 0 Å². The third-order valence-electron chi connectivity index (χ3n) is 3.59. The van der Waals surface area contributed by atoms with Crippen LogP contribution in [0.4, 0.5) is 5.69 Å². The molecule has 0 saturated carbocycles. The fraction of sp³-hybridized carbons (Fsp3) is 0.350. The van der Waals surface area contributed by atoms with E-state index in [1.54, 1.807) is 0 Å². The van der Waals surface area contributed by atoms with Crippen LogP contribution in [-0.2, 0) is 10.2 Å². The average molecular weight is 311 g/mol. The predicted molar refractivity (Wildman–Crippen MR) is 94.9 cm³/mol. The lowest BCUT2D eigenvalue weighted by atomic mass is 9.87. The van der Waals surface area contributed by atoms with Crippen LogP contribution < -0.4 is 10.1 Å². The van der Waals surface area contributed by atoms with Crippen LogP contribution >= 0.6 is 0 Å². The minimum absolute atomic E-state index is 0.0187. The van der Waals surface area contributed by atoms with Gasteiger partial charge < -0.3 is 10.1 Å². The lowest BCUT2D eigenvalue weighted by molar-refractivity contribution is -0.116. The number of benzene rings is 2. The zero-order valence-electron chi connectivity index (χ0n) is 14.1. The largest absolute Gasteiger partial charge is 0.494 e. The molecule has 0 unspecified atom stereocenters. The second-order valence-electron chi connectivity index (χ2n) is 6.64. The van der Waals surface area contributed by atoms with Crippen molar-refractivity contribution in [2.45, 2.75) is 39.0 Å². The first-order valence-electron chi connectivity index (χ1n) is 8.03. The van der Waals surface area contributed by atoms with Gasteiger partial charge in [-0.05, 0) is 41.7 Å². The standard InChI is InChI=1S/C20H25NO2/c1-20(2,3)16-11-13-17(14-12-16)21-19(22)10-7-15-23-18-8-5-4-6-9-18/h4-6,8-9,11-14H,7,10,15H2,1-3H3,(H,21,22). The zero-order valence-corrected chi connectivity index (χ0v) is 14.1. The van der Waals surface area contributed by atoms with Crippen molar-refractivity contribution in [1.82, 2.24) is 0 Å². The zero-order chi connectivity index (χ0) is 16.7. The monoisotopic (exact) mass is 311 g/mol. The van der Waals surface area contributed by atoms with E-state index >= 15 is 0 Å². The molecule has 122 valence electrons. The van der Waals surface area contributed by atoms with Gasteiger partial charge in [-0.3, -0.25) is 4.79 Å². The number of para-hydroxylation sites is 1. The molecule has 0 aliphatic rings. The highest BCUT2D eigenvalue weighted by Crippen LogP contribution is 2.23. The van der Waals surface area contributed by atoms with Crippen molar-refractivity contribution in [3.63, 3.8) is 0 Å². The quantitative estimate of drug-likeness (QED) is 0.780. The van der Waals surface area contributed by atoms with Gasteiger partial charge >= 0.3 is 0 Å². The Balaban J connectivity index is 1.72. The number of anilines is 1. The van der Waals surface area contributed by atoms with E-state index in [-0.39, 0.29) is 11.3 Å². The first-order valence-corrected chi connectivity index (χ1v) is 8.03. The van der Waals surface area contributed by atoms with Crippen LogP contribution in [0.1, 0.15) is 39.2 Å². The maximum absolute atomic E-state index is 11.9. The first kappa shape index (κ1) is 17.1. The van der Waals surface area contributed by atoms with Crippen LogP contribution in [0.15, 0.2) is 54.6 Å². The van der Waals surface area contributed by atoms with E-state index in [1.165, 1.54) is 5.56 Å². The molecule has 0 saturated heterocycles. The van der Waals surface area contributed by atoms with E-state index in [0.29, 0.717) is 19.4 Å². The van der Waals surface area contributed by atoms with E-state index in [1.807, 2.05) is 42.5 Å². The van der Waals surface area contributed by atoms with Crippen molar-refractivity contribution in [3.05, 3.63) is 60.2 Å². The van der Waals surface area contributed by atoms with E-state index < -0.39 is 0 Å². The second-order valence-corrected chi connectivity index (χ2v) is 6.64. The summed E-state index contributed by atoms with van der Waals surface area (Å²) in [5.41, 5.74) is 2.22. The van der Waals surface area contributed by atoms with Gasteiger partial charge in [-0.15, -0.1) is 0 Å². The third-order valence-corrected chi connectivity index (χ3v) is 3.59. The molecular formula is C20H25NO2. The number of hydrogen-bond donors (Lipinski definition) is 1. The van der Waals surface area contributed by atoms with Crippen molar-refractivity contribution in [1.29, 1.82) is 0 Å². The lowest BCUT2D eigenvalue weighted by Crippen LogP contribution is -2.14. The molecule has 1 amide bonds. The summed E-state index contributed by atoms with van der Waals surface area (Å²) < 4.78 is 5.58. The van der Waals surface area contributed by atoms with E-state index in [0.717, 1.165) is 11.4 Å². The number of carbonyl (C=O) groups is 1. The number of rotatable bonds is 6. The Labute approximate surface area is 138 Å². The van der Waals surface area contributed by atoms with Crippen LogP contribution in [0.2, 0.25) is 0 Å². The third kappa shape index (κ3) is 5.78. The van der Waals surface area contributed by atoms with Crippen molar-refractivity contribution in [2.24, 2.45) is 0 Å². The summed E-state index contributed by atoms with van der Waals surface area (Å²) in [4.78, 5) is 11.9. The summed E-state index contributed by atoms with van der Waals surface area (Å²) in [6.07, 6.45) is 1.15. The molecule has 0 bridgehead atoms. The highest BCUT2D eigenvalue weighted by molar-refractivity contribution is 5.90. The molecule has 0 heterocycles. The molecule has 0 fully saturated rings. The van der Waals surface area contributed by atoms with E-state index in [2.05, 4.69) is 38.2 Å². The molecule has 0 aliphatic heterocycles. The molecule has 3 nitrogen and oxygen atoms in total. The fourth-order valence-electron chi connectivity index (χ4n) is 2.22. The Morgan fingerprint density at radius 3 is 2.26 bits per heavy atom. The van der Waals surface area contributed by atoms with Gasteiger partial charge in [-0.25, -0.2) is 0 Å². The SMILES string of the molecule is CC(C)(C)c1ccc(NC(=O)CCCOc2ccccc2)cc1. The molecule has 0 spiro atoms. The summed E-state index contributed by atoms with van der Waals surface area (Å²) in [5, 5.41) is 2.92. The fourth-order valence-corrected chi connectivity index (χ4v) is 2.22. The molecule has 0 aliphatic carbocycles. The predicted octanol–water partition coefficient (Wildman–Crippen LogP) is 4.78. The Hall–Kier alpha value is -2.29. The van der Waals surface area contributed by atoms with Crippen LogP contribution in [0.5, 0.6) is 5.75 Å². The molecule has 0 aromatic heterocycles. The summed E-state index contributed by atoms with van der Waals surface area (Å²) in [6, 6.07) is 17.7. The number of hydrogen-bond acceptors (Lipinski definition) is 2. The maximum Gasteiger partial charge on any atom is 0.224 e. The highest BCUT2D eigenvalue weighted by Gasteiger charge is 2.13. The van der Waals surface area contributed by atoms with Gasteiger partial charge in [0, 0.05) is 12.1 Å². The number of ether oxygens (including phenoxy) is 1. The molecule has 2 aromatic carbocycles. The van der Waals surface area contributed by atoms with Gasteiger partial charge in [0.2, 0.25) is 5.91 Å². The van der Waals surface area contributed by atoms with Crippen LogP contribution in [0.25, 0.3) is 0 Å². The maximum atomic E-state index is 11.9. The number of nitrogens with one attached hydrogen (secondary N) is 1.